The summed E-state index contributed by atoms with van der Waals surface area (Å²) in [6.07, 6.45) is 7.36. The first-order valence-electron chi connectivity index (χ1n) is 7.24. The van der Waals surface area contributed by atoms with E-state index in [1.807, 2.05) is 0 Å². The number of ether oxygens (including phenoxy) is 1. The quantitative estimate of drug-likeness (QED) is 0.765. The Hall–Kier alpha value is 0.270. The summed E-state index contributed by atoms with van der Waals surface area (Å²) in [6, 6.07) is 0.779. The molecule has 0 aromatic carbocycles. The van der Waals surface area contributed by atoms with E-state index in [2.05, 4.69) is 30.9 Å². The second-order valence-electron chi connectivity index (χ2n) is 5.60. The first-order valence-corrected chi connectivity index (χ1v) is 8.29. The van der Waals surface area contributed by atoms with Gasteiger partial charge in [0.15, 0.2) is 0 Å². The highest BCUT2D eigenvalue weighted by atomic mass is 32.2. The zero-order chi connectivity index (χ0) is 12.1. The van der Waals surface area contributed by atoms with Crippen LogP contribution in [-0.4, -0.2) is 36.3 Å². The molecule has 0 aromatic rings. The Morgan fingerprint density at radius 3 is 2.71 bits per heavy atom. The number of nitrogens with one attached hydrogen (secondary N) is 1. The summed E-state index contributed by atoms with van der Waals surface area (Å²) in [7, 11) is 0. The number of hydrogen-bond donors (Lipinski definition) is 1. The minimum Gasteiger partial charge on any atom is -0.377 e. The van der Waals surface area contributed by atoms with Crippen molar-refractivity contribution in [2.24, 2.45) is 5.92 Å². The summed E-state index contributed by atoms with van der Waals surface area (Å²) in [6.45, 7) is 6.74. The largest absolute Gasteiger partial charge is 0.377 e. The van der Waals surface area contributed by atoms with Crippen molar-refractivity contribution in [3.63, 3.8) is 0 Å². The number of hydrogen-bond acceptors (Lipinski definition) is 3. The molecule has 0 bridgehead atoms. The van der Waals surface area contributed by atoms with Crippen LogP contribution in [0.4, 0.5) is 0 Å². The third kappa shape index (κ3) is 4.15. The van der Waals surface area contributed by atoms with Crippen molar-refractivity contribution in [1.29, 1.82) is 0 Å². The zero-order valence-corrected chi connectivity index (χ0v) is 12.1. The Morgan fingerprint density at radius 1 is 1.18 bits per heavy atom. The highest BCUT2D eigenvalue weighted by molar-refractivity contribution is 8.00. The maximum atomic E-state index is 5.59. The van der Waals surface area contributed by atoms with Crippen molar-refractivity contribution in [2.45, 2.75) is 63.3 Å². The van der Waals surface area contributed by atoms with E-state index in [-0.39, 0.29) is 0 Å². The van der Waals surface area contributed by atoms with E-state index in [1.54, 1.807) is 0 Å². The molecule has 100 valence electrons. The molecule has 2 nitrogen and oxygen atoms in total. The van der Waals surface area contributed by atoms with Gasteiger partial charge in [-0.2, -0.15) is 11.8 Å². The lowest BCUT2D eigenvalue weighted by atomic mass is 9.86. The van der Waals surface area contributed by atoms with Gasteiger partial charge in [0.25, 0.3) is 0 Å². The maximum Gasteiger partial charge on any atom is 0.0666 e. The van der Waals surface area contributed by atoms with Crippen LogP contribution in [-0.2, 0) is 4.74 Å². The van der Waals surface area contributed by atoms with Crippen LogP contribution in [0.1, 0.15) is 46.0 Å². The molecule has 2 aliphatic rings. The molecule has 2 rings (SSSR count). The van der Waals surface area contributed by atoms with Gasteiger partial charge in [-0.15, -0.1) is 0 Å². The molecule has 0 spiro atoms. The SMILES string of the molecule is CC1CCCCC1NCCSC1CCOC1C. The summed E-state index contributed by atoms with van der Waals surface area (Å²) in [4.78, 5) is 0. The topological polar surface area (TPSA) is 21.3 Å². The van der Waals surface area contributed by atoms with Gasteiger partial charge in [0.1, 0.15) is 0 Å². The van der Waals surface area contributed by atoms with Crippen LogP contribution in [0.15, 0.2) is 0 Å². The Labute approximate surface area is 110 Å². The molecule has 4 atom stereocenters. The van der Waals surface area contributed by atoms with E-state index in [0.29, 0.717) is 6.10 Å². The van der Waals surface area contributed by atoms with Gasteiger partial charge in [-0.3, -0.25) is 0 Å². The molecule has 1 aliphatic carbocycles. The highest BCUT2D eigenvalue weighted by Gasteiger charge is 2.24. The predicted molar refractivity (Wildman–Crippen MR) is 75.7 cm³/mol. The van der Waals surface area contributed by atoms with Gasteiger partial charge >= 0.3 is 0 Å². The maximum absolute atomic E-state index is 5.59. The standard InChI is InChI=1S/C14H27NOS/c1-11-5-3-4-6-13(11)15-8-10-17-14-7-9-16-12(14)2/h11-15H,3-10H2,1-2H3. The Balaban J connectivity index is 1.56. The van der Waals surface area contributed by atoms with Crippen LogP contribution in [0, 0.1) is 5.92 Å². The molecule has 1 heterocycles. The van der Waals surface area contributed by atoms with Gasteiger partial charge in [0.05, 0.1) is 6.10 Å². The zero-order valence-electron chi connectivity index (χ0n) is 11.3. The van der Waals surface area contributed by atoms with Crippen LogP contribution in [0.3, 0.4) is 0 Å². The van der Waals surface area contributed by atoms with Gasteiger partial charge in [0.2, 0.25) is 0 Å². The van der Waals surface area contributed by atoms with E-state index in [4.69, 9.17) is 4.74 Å². The second kappa shape index (κ2) is 7.01. The lowest BCUT2D eigenvalue weighted by Gasteiger charge is -2.29. The van der Waals surface area contributed by atoms with Crippen molar-refractivity contribution in [2.75, 3.05) is 18.9 Å². The van der Waals surface area contributed by atoms with Crippen LogP contribution >= 0.6 is 11.8 Å². The van der Waals surface area contributed by atoms with Gasteiger partial charge in [-0.1, -0.05) is 19.8 Å². The lowest BCUT2D eigenvalue weighted by Crippen LogP contribution is -2.38. The Morgan fingerprint density at radius 2 is 2.00 bits per heavy atom. The van der Waals surface area contributed by atoms with E-state index in [9.17, 15) is 0 Å². The Kier molecular flexibility index (Phi) is 5.64. The van der Waals surface area contributed by atoms with Crippen LogP contribution in [0.2, 0.25) is 0 Å². The molecule has 1 saturated carbocycles. The smallest absolute Gasteiger partial charge is 0.0666 e. The monoisotopic (exact) mass is 257 g/mol. The molecule has 4 unspecified atom stereocenters. The van der Waals surface area contributed by atoms with E-state index in [1.165, 1.54) is 44.4 Å². The molecule has 1 aliphatic heterocycles. The van der Waals surface area contributed by atoms with Crippen molar-refractivity contribution in [3.8, 4) is 0 Å². The molecule has 0 amide bonds. The van der Waals surface area contributed by atoms with Gasteiger partial charge < -0.3 is 10.1 Å². The molecule has 1 N–H and O–H groups in total. The lowest BCUT2D eigenvalue weighted by molar-refractivity contribution is 0.127. The predicted octanol–water partition coefficient (Wildman–Crippen LogP) is 3.07. The molecule has 3 heteroatoms. The molecule has 0 aromatic heterocycles. The third-order valence-electron chi connectivity index (χ3n) is 4.26. The van der Waals surface area contributed by atoms with Crippen LogP contribution in [0.25, 0.3) is 0 Å². The normalized spacial score (nSPS) is 38.5. The van der Waals surface area contributed by atoms with Crippen LogP contribution < -0.4 is 5.32 Å². The molecule has 17 heavy (non-hydrogen) atoms. The summed E-state index contributed by atoms with van der Waals surface area (Å²) < 4.78 is 5.59. The molecule has 2 fully saturated rings. The summed E-state index contributed by atoms with van der Waals surface area (Å²) >= 11 is 2.09. The number of rotatable bonds is 5. The van der Waals surface area contributed by atoms with Crippen molar-refractivity contribution >= 4 is 11.8 Å². The highest BCUT2D eigenvalue weighted by Crippen LogP contribution is 2.26. The third-order valence-corrected chi connectivity index (χ3v) is 5.75. The minimum absolute atomic E-state index is 0.466. The average molecular weight is 257 g/mol. The summed E-state index contributed by atoms with van der Waals surface area (Å²) in [5.41, 5.74) is 0. The first kappa shape index (κ1) is 13.7. The second-order valence-corrected chi connectivity index (χ2v) is 6.94. The van der Waals surface area contributed by atoms with Crippen LogP contribution in [0.5, 0.6) is 0 Å². The van der Waals surface area contributed by atoms with Crippen molar-refractivity contribution < 1.29 is 4.74 Å². The summed E-state index contributed by atoms with van der Waals surface area (Å²) in [5.74, 6) is 2.11. The first-order chi connectivity index (χ1) is 8.27. The van der Waals surface area contributed by atoms with Crippen molar-refractivity contribution in [3.05, 3.63) is 0 Å². The molecular weight excluding hydrogens is 230 g/mol. The Bertz CT molecular complexity index is 224. The van der Waals surface area contributed by atoms with E-state index in [0.717, 1.165) is 23.8 Å². The van der Waals surface area contributed by atoms with Gasteiger partial charge in [-0.05, 0) is 32.1 Å². The molecule has 0 radical (unpaired) electrons. The molecule has 1 saturated heterocycles. The van der Waals surface area contributed by atoms with Crippen molar-refractivity contribution in [1.82, 2.24) is 5.32 Å². The fourth-order valence-corrected chi connectivity index (χ4v) is 4.16. The fraction of sp³-hybridized carbons (Fsp3) is 1.00. The van der Waals surface area contributed by atoms with Gasteiger partial charge in [-0.25, -0.2) is 0 Å². The van der Waals surface area contributed by atoms with E-state index < -0.39 is 0 Å². The summed E-state index contributed by atoms with van der Waals surface area (Å²) in [5, 5.41) is 4.49. The minimum atomic E-state index is 0.466. The number of thioether (sulfide) groups is 1. The average Bonchev–Trinajstić information content (AvgIpc) is 2.73. The van der Waals surface area contributed by atoms with E-state index >= 15 is 0 Å². The molecular formula is C14H27NOS. The fourth-order valence-electron chi connectivity index (χ4n) is 3.01. The van der Waals surface area contributed by atoms with Gasteiger partial charge in [0, 0.05) is 30.2 Å².